The van der Waals surface area contributed by atoms with Crippen molar-refractivity contribution in [2.24, 2.45) is 0 Å². The Labute approximate surface area is 135 Å². The van der Waals surface area contributed by atoms with Crippen molar-refractivity contribution in [1.82, 2.24) is 0 Å². The molecule has 0 spiro atoms. The third-order valence-electron chi connectivity index (χ3n) is 3.81. The van der Waals surface area contributed by atoms with Crippen LogP contribution in [0.4, 0.5) is 0 Å². The van der Waals surface area contributed by atoms with Crippen LogP contribution in [0.2, 0.25) is 0 Å². The van der Waals surface area contributed by atoms with Gasteiger partial charge in [0.25, 0.3) is 0 Å². The summed E-state index contributed by atoms with van der Waals surface area (Å²) in [5.74, 6) is 0.962. The van der Waals surface area contributed by atoms with Crippen LogP contribution in [0.5, 0.6) is 0 Å². The van der Waals surface area contributed by atoms with E-state index in [0.29, 0.717) is 0 Å². The molecule has 0 aliphatic carbocycles. The molecule has 1 aromatic rings. The van der Waals surface area contributed by atoms with E-state index in [1.54, 1.807) is 0 Å². The average molecular weight is 315 g/mol. The van der Waals surface area contributed by atoms with Crippen LogP contribution in [-0.4, -0.2) is 10.3 Å². The van der Waals surface area contributed by atoms with Crippen molar-refractivity contribution in [3.05, 3.63) is 35.9 Å². The topological polar surface area (TPSA) is 0 Å². The fraction of sp³-hybridized carbons (Fsp3) is 0.625. The van der Waals surface area contributed by atoms with Gasteiger partial charge in [0.1, 0.15) is 0 Å². The van der Waals surface area contributed by atoms with Crippen molar-refractivity contribution in [1.29, 1.82) is 0 Å². The summed E-state index contributed by atoms with van der Waals surface area (Å²) in [4.78, 5) is 0. The van der Waals surface area contributed by atoms with Gasteiger partial charge in [-0.1, -0.05) is 43.7 Å². The van der Waals surface area contributed by atoms with Crippen molar-refractivity contribution < 1.29 is 0 Å². The summed E-state index contributed by atoms with van der Waals surface area (Å²) in [7, 11) is 0. The summed E-state index contributed by atoms with van der Waals surface area (Å²) in [6.07, 6.45) is 7.04. The van der Waals surface area contributed by atoms with Crippen molar-refractivity contribution >= 4 is 37.9 Å². The minimum Gasteiger partial charge on any atom is -0.179 e. The molecule has 0 bridgehead atoms. The van der Waals surface area contributed by atoms with E-state index in [1.807, 2.05) is 0 Å². The molecule has 0 nitrogen and oxygen atoms in total. The number of hydrogen-bond donors (Lipinski definition) is 3. The van der Waals surface area contributed by atoms with Gasteiger partial charge in [-0.05, 0) is 48.8 Å². The van der Waals surface area contributed by atoms with Crippen LogP contribution in [0.15, 0.2) is 30.3 Å². The molecule has 108 valence electrons. The molecule has 0 radical (unpaired) electrons. The second kappa shape index (κ2) is 9.25. The van der Waals surface area contributed by atoms with Gasteiger partial charge in [0.15, 0.2) is 0 Å². The lowest BCUT2D eigenvalue weighted by Crippen LogP contribution is -2.27. The Balaban J connectivity index is 2.96. The van der Waals surface area contributed by atoms with E-state index in [1.165, 1.54) is 31.2 Å². The Morgan fingerprint density at radius 1 is 1.05 bits per heavy atom. The highest BCUT2D eigenvalue weighted by atomic mass is 32.2. The van der Waals surface area contributed by atoms with Gasteiger partial charge in [0, 0.05) is 4.58 Å². The second-order valence-corrected chi connectivity index (χ2v) is 7.34. The zero-order chi connectivity index (χ0) is 14.1. The summed E-state index contributed by atoms with van der Waals surface area (Å²) in [6, 6.07) is 11.0. The molecule has 0 fully saturated rings. The van der Waals surface area contributed by atoms with E-state index in [4.69, 9.17) is 0 Å². The summed E-state index contributed by atoms with van der Waals surface area (Å²) in [5, 5.41) is 0. The van der Waals surface area contributed by atoms with Gasteiger partial charge < -0.3 is 0 Å². The Bertz CT molecular complexity index is 337. The van der Waals surface area contributed by atoms with Crippen LogP contribution in [-0.2, 0) is 5.41 Å². The number of benzene rings is 1. The van der Waals surface area contributed by atoms with Gasteiger partial charge in [-0.3, -0.25) is 0 Å². The van der Waals surface area contributed by atoms with E-state index in [-0.39, 0.29) is 10.00 Å². The molecule has 0 aromatic heterocycles. The van der Waals surface area contributed by atoms with Crippen molar-refractivity contribution in [3.8, 4) is 0 Å². The number of hydrogen-bond acceptors (Lipinski definition) is 3. The lowest BCUT2D eigenvalue weighted by Gasteiger charge is -2.35. The molecule has 0 aliphatic heterocycles. The summed E-state index contributed by atoms with van der Waals surface area (Å²) < 4.78 is 0.177. The van der Waals surface area contributed by atoms with Gasteiger partial charge in [-0.15, -0.1) is 0 Å². The number of rotatable bonds is 9. The highest BCUT2D eigenvalue weighted by molar-refractivity contribution is 7.99. The molecule has 0 heterocycles. The average Bonchev–Trinajstić information content (AvgIpc) is 2.43. The summed E-state index contributed by atoms with van der Waals surface area (Å²) in [6.45, 7) is 2.28. The normalized spacial score (nSPS) is 14.6. The van der Waals surface area contributed by atoms with Gasteiger partial charge in [0.05, 0.1) is 0 Å². The monoisotopic (exact) mass is 314 g/mol. The molecule has 1 rings (SSSR count). The van der Waals surface area contributed by atoms with E-state index in [2.05, 4.69) is 75.1 Å². The molecule has 0 amide bonds. The Hall–Kier alpha value is 0.270. The maximum atomic E-state index is 4.43. The second-order valence-electron chi connectivity index (χ2n) is 5.24. The van der Waals surface area contributed by atoms with E-state index >= 15 is 0 Å². The predicted molar refractivity (Wildman–Crippen MR) is 97.1 cm³/mol. The fourth-order valence-corrected chi connectivity index (χ4v) is 3.32. The summed E-state index contributed by atoms with van der Waals surface area (Å²) in [5.41, 5.74) is 1.75. The minimum atomic E-state index is 0.177. The fourth-order valence-electron chi connectivity index (χ4n) is 2.90. The van der Waals surface area contributed by atoms with Crippen LogP contribution in [0, 0.1) is 0 Å². The molecule has 19 heavy (non-hydrogen) atoms. The van der Waals surface area contributed by atoms with Gasteiger partial charge >= 0.3 is 0 Å². The van der Waals surface area contributed by atoms with Crippen LogP contribution < -0.4 is 0 Å². The van der Waals surface area contributed by atoms with E-state index in [9.17, 15) is 0 Å². The van der Waals surface area contributed by atoms with E-state index in [0.717, 1.165) is 18.6 Å². The number of thiol groups is 3. The molecule has 0 saturated carbocycles. The van der Waals surface area contributed by atoms with Crippen molar-refractivity contribution in [2.75, 3.05) is 5.75 Å². The van der Waals surface area contributed by atoms with E-state index < -0.39 is 0 Å². The van der Waals surface area contributed by atoms with Crippen LogP contribution in [0.25, 0.3) is 0 Å². The smallest absolute Gasteiger partial charge is 0.0442 e. The first kappa shape index (κ1) is 17.3. The molecule has 1 aromatic carbocycles. The highest BCUT2D eigenvalue weighted by Gasteiger charge is 2.30. The zero-order valence-electron chi connectivity index (χ0n) is 11.8. The summed E-state index contributed by atoms with van der Waals surface area (Å²) >= 11 is 13.3. The Morgan fingerprint density at radius 3 is 2.26 bits per heavy atom. The quantitative estimate of drug-likeness (QED) is 0.394. The lowest BCUT2D eigenvalue weighted by molar-refractivity contribution is 0.327. The van der Waals surface area contributed by atoms with Crippen LogP contribution >= 0.6 is 37.9 Å². The Kier molecular flexibility index (Phi) is 8.43. The van der Waals surface area contributed by atoms with Gasteiger partial charge in [0.2, 0.25) is 0 Å². The van der Waals surface area contributed by atoms with Crippen LogP contribution in [0.3, 0.4) is 0 Å². The molecule has 0 saturated heterocycles. The van der Waals surface area contributed by atoms with Crippen molar-refractivity contribution in [3.63, 3.8) is 0 Å². The van der Waals surface area contributed by atoms with Gasteiger partial charge in [-0.25, -0.2) is 0 Å². The first-order valence-electron chi connectivity index (χ1n) is 7.17. The van der Waals surface area contributed by atoms with Crippen LogP contribution in [0.1, 0.15) is 51.0 Å². The van der Waals surface area contributed by atoms with Gasteiger partial charge in [-0.2, -0.15) is 37.9 Å². The third-order valence-corrected chi connectivity index (χ3v) is 4.64. The van der Waals surface area contributed by atoms with Crippen molar-refractivity contribution in [2.45, 2.75) is 55.4 Å². The molecule has 3 heteroatoms. The molecule has 1 atom stereocenters. The molecule has 0 aliphatic rings. The molecule has 0 N–H and O–H groups in total. The highest BCUT2D eigenvalue weighted by Crippen LogP contribution is 2.39. The minimum absolute atomic E-state index is 0.177. The lowest BCUT2D eigenvalue weighted by atomic mass is 9.70. The SMILES string of the molecule is CCCC(CCCS)(CCC(S)S)c1ccccc1. The molecule has 1 unspecified atom stereocenters. The zero-order valence-corrected chi connectivity index (χ0v) is 14.4. The molecular weight excluding hydrogens is 288 g/mol. The third kappa shape index (κ3) is 5.65. The maximum absolute atomic E-state index is 4.43. The Morgan fingerprint density at radius 2 is 1.74 bits per heavy atom. The first-order chi connectivity index (χ1) is 9.14. The largest absolute Gasteiger partial charge is 0.179 e. The predicted octanol–water partition coefficient (Wildman–Crippen LogP) is 5.40. The molecular formula is C16H26S3. The first-order valence-corrected chi connectivity index (χ1v) is 8.83. The standard InChI is InChI=1S/C16H26S3/c1-2-10-16(11-6-13-17,12-9-15(18)19)14-7-4-3-5-8-14/h3-5,7-8,15,17-19H,2,6,9-13H2,1H3. The maximum Gasteiger partial charge on any atom is 0.0442 e.